The fraction of sp³-hybridized carbons (Fsp3) is 0.281. The van der Waals surface area contributed by atoms with E-state index in [9.17, 15) is 10.1 Å². The number of carbonyl (C=O) groups is 1. The maximum absolute atomic E-state index is 13.7. The molecule has 1 fully saturated rings. The Morgan fingerprint density at radius 2 is 1.81 bits per heavy atom. The maximum Gasteiger partial charge on any atom is 0.254 e. The maximum atomic E-state index is 13.7. The molecule has 3 aromatic carbocycles. The largest absolute Gasteiger partial charge is 0.335 e. The first-order valence-corrected chi connectivity index (χ1v) is 12.9. The molecule has 1 amide bonds. The third-order valence-electron chi connectivity index (χ3n) is 7.32. The van der Waals surface area contributed by atoms with Crippen molar-refractivity contribution >= 4 is 16.8 Å². The minimum absolute atomic E-state index is 0.0710. The molecule has 1 aliphatic heterocycles. The fourth-order valence-corrected chi connectivity index (χ4v) is 5.51. The van der Waals surface area contributed by atoms with Crippen LogP contribution >= 0.6 is 0 Å². The highest BCUT2D eigenvalue weighted by molar-refractivity contribution is 5.95. The number of rotatable bonds is 6. The summed E-state index contributed by atoms with van der Waals surface area (Å²) in [6.45, 7) is 5.55. The van der Waals surface area contributed by atoms with Crippen LogP contribution in [0.15, 0.2) is 79.0 Å². The van der Waals surface area contributed by atoms with Gasteiger partial charge in [0.2, 0.25) is 0 Å². The second-order valence-electron chi connectivity index (χ2n) is 10.1. The van der Waals surface area contributed by atoms with E-state index in [0.29, 0.717) is 18.2 Å². The molecule has 0 radical (unpaired) electrons. The number of nitriles is 1. The van der Waals surface area contributed by atoms with Crippen molar-refractivity contribution in [1.82, 2.24) is 15.2 Å². The third-order valence-corrected chi connectivity index (χ3v) is 7.32. The summed E-state index contributed by atoms with van der Waals surface area (Å²) >= 11 is 0. The molecular formula is C32H32N4O. The summed E-state index contributed by atoms with van der Waals surface area (Å²) in [5.74, 6) is 0.101. The lowest BCUT2D eigenvalue weighted by Crippen LogP contribution is -2.51. The number of piperidine rings is 1. The van der Waals surface area contributed by atoms with Gasteiger partial charge in [-0.1, -0.05) is 47.5 Å². The number of carbonyl (C=O) groups excluding carboxylic acids is 1. The van der Waals surface area contributed by atoms with Crippen molar-refractivity contribution in [1.29, 1.82) is 5.26 Å². The molecule has 5 nitrogen and oxygen atoms in total. The smallest absolute Gasteiger partial charge is 0.254 e. The number of para-hydroxylation sites is 1. The molecule has 5 rings (SSSR count). The fourth-order valence-electron chi connectivity index (χ4n) is 5.51. The van der Waals surface area contributed by atoms with Crippen LogP contribution in [0, 0.1) is 25.2 Å². The summed E-state index contributed by atoms with van der Waals surface area (Å²) in [5, 5.41) is 14.1. The normalized spacial score (nSPS) is 17.5. The minimum atomic E-state index is 0.0710. The van der Waals surface area contributed by atoms with Gasteiger partial charge in [-0.25, -0.2) is 0 Å². The van der Waals surface area contributed by atoms with Gasteiger partial charge in [-0.15, -0.1) is 0 Å². The summed E-state index contributed by atoms with van der Waals surface area (Å²) in [6.07, 6.45) is 4.42. The van der Waals surface area contributed by atoms with Gasteiger partial charge in [0.05, 0.1) is 17.1 Å². The van der Waals surface area contributed by atoms with Crippen molar-refractivity contribution in [2.75, 3.05) is 6.54 Å². The molecule has 4 aromatic rings. The van der Waals surface area contributed by atoms with Crippen molar-refractivity contribution in [3.63, 3.8) is 0 Å². The van der Waals surface area contributed by atoms with E-state index in [1.54, 1.807) is 0 Å². The molecule has 2 atom stereocenters. The second-order valence-corrected chi connectivity index (χ2v) is 10.1. The van der Waals surface area contributed by atoms with E-state index in [2.05, 4.69) is 45.5 Å². The number of nitrogens with one attached hydrogen (secondary N) is 1. The van der Waals surface area contributed by atoms with Crippen LogP contribution in [0.2, 0.25) is 0 Å². The molecule has 0 saturated carbocycles. The summed E-state index contributed by atoms with van der Waals surface area (Å²) in [4.78, 5) is 20.2. The summed E-state index contributed by atoms with van der Waals surface area (Å²) in [6, 6.07) is 26.7. The van der Waals surface area contributed by atoms with Crippen LogP contribution in [0.4, 0.5) is 0 Å². The monoisotopic (exact) mass is 488 g/mol. The summed E-state index contributed by atoms with van der Waals surface area (Å²) in [5.41, 5.74) is 7.01. The molecule has 1 N–H and O–H groups in total. The number of benzene rings is 3. The van der Waals surface area contributed by atoms with Crippen molar-refractivity contribution in [2.24, 2.45) is 0 Å². The molecule has 37 heavy (non-hydrogen) atoms. The number of amides is 1. The Morgan fingerprint density at radius 1 is 1.05 bits per heavy atom. The number of hydrogen-bond acceptors (Lipinski definition) is 4. The predicted molar refractivity (Wildman–Crippen MR) is 147 cm³/mol. The first-order chi connectivity index (χ1) is 18.0. The second kappa shape index (κ2) is 10.9. The number of aryl methyl sites for hydroxylation is 2. The van der Waals surface area contributed by atoms with Gasteiger partial charge in [0, 0.05) is 42.3 Å². The Bertz CT molecular complexity index is 1430. The van der Waals surface area contributed by atoms with Crippen molar-refractivity contribution in [3.05, 3.63) is 112 Å². The number of hydrogen-bond donors (Lipinski definition) is 1. The minimum Gasteiger partial charge on any atom is -0.335 e. The van der Waals surface area contributed by atoms with Crippen LogP contribution in [0.25, 0.3) is 10.9 Å². The average molecular weight is 489 g/mol. The number of aromatic nitrogens is 1. The Labute approximate surface area is 218 Å². The van der Waals surface area contributed by atoms with Crippen molar-refractivity contribution in [3.8, 4) is 6.07 Å². The molecule has 1 aromatic heterocycles. The van der Waals surface area contributed by atoms with Gasteiger partial charge < -0.3 is 10.2 Å². The van der Waals surface area contributed by atoms with Gasteiger partial charge in [0.25, 0.3) is 5.91 Å². The van der Waals surface area contributed by atoms with E-state index in [4.69, 9.17) is 0 Å². The van der Waals surface area contributed by atoms with Crippen LogP contribution in [0.1, 0.15) is 51.0 Å². The first kappa shape index (κ1) is 24.7. The summed E-state index contributed by atoms with van der Waals surface area (Å²) in [7, 11) is 0. The Balaban J connectivity index is 1.35. The van der Waals surface area contributed by atoms with Gasteiger partial charge in [-0.05, 0) is 80.6 Å². The van der Waals surface area contributed by atoms with Crippen molar-refractivity contribution < 1.29 is 4.79 Å². The van der Waals surface area contributed by atoms with Gasteiger partial charge >= 0.3 is 0 Å². The lowest BCUT2D eigenvalue weighted by Gasteiger charge is -2.40. The number of likely N-dealkylation sites (tertiary alicyclic amines) is 1. The zero-order valence-corrected chi connectivity index (χ0v) is 21.4. The van der Waals surface area contributed by atoms with Gasteiger partial charge in [-0.2, -0.15) is 5.26 Å². The van der Waals surface area contributed by atoms with Crippen LogP contribution in [0.3, 0.4) is 0 Å². The molecule has 186 valence electrons. The topological polar surface area (TPSA) is 69.0 Å². The Kier molecular flexibility index (Phi) is 7.30. The highest BCUT2D eigenvalue weighted by Crippen LogP contribution is 2.25. The predicted octanol–water partition coefficient (Wildman–Crippen LogP) is 5.73. The molecule has 1 saturated heterocycles. The molecule has 0 spiro atoms. The van der Waals surface area contributed by atoms with Gasteiger partial charge in [-0.3, -0.25) is 9.78 Å². The van der Waals surface area contributed by atoms with E-state index >= 15 is 0 Å². The lowest BCUT2D eigenvalue weighted by atomic mass is 9.90. The molecular weight excluding hydrogens is 456 g/mol. The molecule has 2 heterocycles. The standard InChI is InChI=1S/C32H32N4O/c1-22-15-23(2)17-27(16-22)32(37)36-14-12-28(19-29(36)18-24-7-9-25(20-33)10-8-24)35-21-26-11-13-34-31-6-4-3-5-30(26)31/h3-11,13,15-17,28-29,35H,12,14,18-19,21H2,1-2H3/t28-,29+/m0/s1. The van der Waals surface area contributed by atoms with E-state index in [1.807, 2.05) is 68.6 Å². The molecule has 0 unspecified atom stereocenters. The van der Waals surface area contributed by atoms with Crippen LogP contribution in [-0.4, -0.2) is 34.4 Å². The molecule has 0 bridgehead atoms. The molecule has 0 aliphatic carbocycles. The zero-order chi connectivity index (χ0) is 25.8. The van der Waals surface area contributed by atoms with Crippen LogP contribution in [-0.2, 0) is 13.0 Å². The summed E-state index contributed by atoms with van der Waals surface area (Å²) < 4.78 is 0. The number of fused-ring (bicyclic) bond motifs is 1. The third kappa shape index (κ3) is 5.71. The lowest BCUT2D eigenvalue weighted by molar-refractivity contribution is 0.0576. The van der Waals surface area contributed by atoms with Crippen molar-refractivity contribution in [2.45, 2.75) is 51.7 Å². The van der Waals surface area contributed by atoms with Crippen LogP contribution < -0.4 is 5.32 Å². The number of nitrogens with zero attached hydrogens (tertiary/aromatic N) is 3. The van der Waals surface area contributed by atoms with Gasteiger partial charge in [0.15, 0.2) is 0 Å². The zero-order valence-electron chi connectivity index (χ0n) is 21.4. The van der Waals surface area contributed by atoms with E-state index in [-0.39, 0.29) is 11.9 Å². The molecule has 5 heteroatoms. The molecule has 1 aliphatic rings. The quantitative estimate of drug-likeness (QED) is 0.376. The SMILES string of the molecule is Cc1cc(C)cc(C(=O)N2CC[C@H](NCc3ccnc4ccccc34)C[C@H]2Cc2ccc(C#N)cc2)c1. The highest BCUT2D eigenvalue weighted by Gasteiger charge is 2.32. The highest BCUT2D eigenvalue weighted by atomic mass is 16.2. The Hall–Kier alpha value is -4.01. The van der Waals surface area contributed by atoms with E-state index in [0.717, 1.165) is 53.6 Å². The van der Waals surface area contributed by atoms with Gasteiger partial charge in [0.1, 0.15) is 0 Å². The van der Waals surface area contributed by atoms with E-state index < -0.39 is 0 Å². The van der Waals surface area contributed by atoms with Crippen LogP contribution in [0.5, 0.6) is 0 Å². The first-order valence-electron chi connectivity index (χ1n) is 12.9. The Morgan fingerprint density at radius 3 is 2.57 bits per heavy atom. The van der Waals surface area contributed by atoms with E-state index in [1.165, 1.54) is 10.9 Å². The average Bonchev–Trinajstić information content (AvgIpc) is 2.91. The number of pyridine rings is 1.